The van der Waals surface area contributed by atoms with Crippen LogP contribution in [0.5, 0.6) is 5.88 Å². The van der Waals surface area contributed by atoms with E-state index in [1.807, 2.05) is 6.92 Å². The number of alkyl halides is 3. The van der Waals surface area contributed by atoms with E-state index in [1.165, 1.54) is 19.2 Å². The fraction of sp³-hybridized carbons (Fsp3) is 0.615. The molecule has 2 atom stereocenters. The number of likely N-dealkylation sites (tertiary alicyclic amines) is 1. The van der Waals surface area contributed by atoms with E-state index in [2.05, 4.69) is 20.5 Å². The van der Waals surface area contributed by atoms with Crippen molar-refractivity contribution in [3.63, 3.8) is 0 Å². The quantitative estimate of drug-likeness (QED) is 0.445. The maximum absolute atomic E-state index is 14.3. The molecule has 39 heavy (non-hydrogen) atoms. The van der Waals surface area contributed by atoms with Gasteiger partial charge in [0.05, 0.1) is 19.0 Å². The fourth-order valence-corrected chi connectivity index (χ4v) is 5.46. The van der Waals surface area contributed by atoms with Crippen molar-refractivity contribution in [2.75, 3.05) is 13.7 Å². The zero-order chi connectivity index (χ0) is 28.4. The van der Waals surface area contributed by atoms with Crippen LogP contribution in [-0.2, 0) is 4.79 Å². The van der Waals surface area contributed by atoms with Crippen molar-refractivity contribution in [3.05, 3.63) is 29.8 Å². The van der Waals surface area contributed by atoms with Crippen molar-refractivity contribution >= 4 is 11.8 Å². The Labute approximate surface area is 223 Å². The number of aliphatic hydroxyl groups is 1. The highest BCUT2D eigenvalue weighted by Crippen LogP contribution is 2.41. The molecule has 3 N–H and O–H groups in total. The van der Waals surface area contributed by atoms with Crippen LogP contribution in [0.3, 0.4) is 0 Å². The molecule has 9 nitrogen and oxygen atoms in total. The fourth-order valence-electron chi connectivity index (χ4n) is 5.46. The maximum Gasteiger partial charge on any atom is 0.417 e. The Morgan fingerprint density at radius 2 is 1.97 bits per heavy atom. The van der Waals surface area contributed by atoms with Gasteiger partial charge in [-0.2, -0.15) is 18.3 Å². The highest BCUT2D eigenvalue weighted by Gasteiger charge is 2.54. The topological polar surface area (TPSA) is 120 Å². The first-order valence-electron chi connectivity index (χ1n) is 13.1. The molecule has 0 bridgehead atoms. The molecule has 0 unspecified atom stereocenters. The van der Waals surface area contributed by atoms with Gasteiger partial charge < -0.3 is 20.1 Å². The first-order valence-corrected chi connectivity index (χ1v) is 13.1. The lowest BCUT2D eigenvalue weighted by Gasteiger charge is -2.40. The van der Waals surface area contributed by atoms with Crippen LogP contribution >= 0.6 is 0 Å². The van der Waals surface area contributed by atoms with Crippen LogP contribution < -0.4 is 10.1 Å². The van der Waals surface area contributed by atoms with Crippen molar-refractivity contribution in [1.82, 2.24) is 25.4 Å². The number of carbonyl (C=O) groups is 2. The zero-order valence-electron chi connectivity index (χ0n) is 21.9. The second kappa shape index (κ2) is 11.5. The summed E-state index contributed by atoms with van der Waals surface area (Å²) in [7, 11) is 1.41. The molecule has 2 fully saturated rings. The first kappa shape index (κ1) is 28.8. The highest BCUT2D eigenvalue weighted by atomic mass is 19.4. The summed E-state index contributed by atoms with van der Waals surface area (Å²) in [5.41, 5.74) is -2.16. The second-order valence-electron chi connectivity index (χ2n) is 10.3. The molecule has 0 radical (unpaired) electrons. The molecule has 214 valence electrons. The average Bonchev–Trinajstić information content (AvgIpc) is 3.39. The number of nitrogens with one attached hydrogen (secondary N) is 2. The molecule has 0 spiro atoms. The zero-order valence-corrected chi connectivity index (χ0v) is 21.9. The number of pyridine rings is 1. The molecule has 1 saturated heterocycles. The SMILES string of the molecule is CCC[C@H]1C[C@@H](C(=O)NC2CCC(O)(C(F)(F)F)CC2)CCN1C(=O)c1cc(-c2cc(OC)ncc2F)n[nH]1. The minimum absolute atomic E-state index is 0.0452. The monoisotopic (exact) mass is 555 g/mol. The molecule has 0 aromatic carbocycles. The van der Waals surface area contributed by atoms with Crippen molar-refractivity contribution in [2.24, 2.45) is 5.92 Å². The van der Waals surface area contributed by atoms with Crippen LogP contribution in [0.2, 0.25) is 0 Å². The van der Waals surface area contributed by atoms with E-state index in [4.69, 9.17) is 4.74 Å². The summed E-state index contributed by atoms with van der Waals surface area (Å²) in [6, 6.07) is 2.20. The largest absolute Gasteiger partial charge is 0.481 e. The van der Waals surface area contributed by atoms with Crippen LogP contribution in [-0.4, -0.2) is 74.5 Å². The number of halogens is 4. The number of H-pyrrole nitrogens is 1. The minimum Gasteiger partial charge on any atom is -0.481 e. The van der Waals surface area contributed by atoms with Gasteiger partial charge in [0.1, 0.15) is 5.69 Å². The third-order valence-corrected chi connectivity index (χ3v) is 7.78. The Hall–Kier alpha value is -3.22. The van der Waals surface area contributed by atoms with Crippen LogP contribution in [0.4, 0.5) is 17.6 Å². The molecule has 4 rings (SSSR count). The predicted molar refractivity (Wildman–Crippen MR) is 132 cm³/mol. The molecule has 3 heterocycles. The van der Waals surface area contributed by atoms with Gasteiger partial charge >= 0.3 is 6.18 Å². The van der Waals surface area contributed by atoms with E-state index < -0.39 is 36.5 Å². The Bertz CT molecular complexity index is 1180. The average molecular weight is 556 g/mol. The van der Waals surface area contributed by atoms with E-state index in [1.54, 1.807) is 4.90 Å². The van der Waals surface area contributed by atoms with Crippen molar-refractivity contribution < 1.29 is 37.0 Å². The van der Waals surface area contributed by atoms with Crippen molar-refractivity contribution in [2.45, 2.75) is 82.2 Å². The molecular formula is C26H33F4N5O4. The predicted octanol–water partition coefficient (Wildman–Crippen LogP) is 3.99. The van der Waals surface area contributed by atoms with Gasteiger partial charge in [-0.15, -0.1) is 0 Å². The number of aromatic nitrogens is 3. The number of nitrogens with zero attached hydrogens (tertiary/aromatic N) is 3. The second-order valence-corrected chi connectivity index (χ2v) is 10.3. The van der Waals surface area contributed by atoms with E-state index in [-0.39, 0.29) is 59.4 Å². The van der Waals surface area contributed by atoms with Crippen LogP contribution in [0.1, 0.15) is 68.8 Å². The number of hydrogen-bond acceptors (Lipinski definition) is 6. The Morgan fingerprint density at radius 1 is 1.26 bits per heavy atom. The van der Waals surface area contributed by atoms with Gasteiger partial charge in [0.2, 0.25) is 11.8 Å². The molecule has 2 aliphatic rings. The van der Waals surface area contributed by atoms with Gasteiger partial charge in [-0.3, -0.25) is 14.7 Å². The number of ether oxygens (including phenoxy) is 1. The van der Waals surface area contributed by atoms with Crippen LogP contribution in [0, 0.1) is 11.7 Å². The summed E-state index contributed by atoms with van der Waals surface area (Å²) < 4.78 is 58.6. The van der Waals surface area contributed by atoms with E-state index in [0.717, 1.165) is 12.6 Å². The number of aromatic amines is 1. The summed E-state index contributed by atoms with van der Waals surface area (Å²) >= 11 is 0. The number of methoxy groups -OCH3 is 1. The Balaban J connectivity index is 1.39. The van der Waals surface area contributed by atoms with Gasteiger partial charge in [0, 0.05) is 36.2 Å². The normalized spacial score (nSPS) is 25.8. The van der Waals surface area contributed by atoms with Gasteiger partial charge in [-0.1, -0.05) is 13.3 Å². The molecule has 1 aliphatic carbocycles. The summed E-state index contributed by atoms with van der Waals surface area (Å²) in [6.45, 7) is 2.29. The molecule has 2 amide bonds. The third-order valence-electron chi connectivity index (χ3n) is 7.78. The molecule has 1 aliphatic heterocycles. The third kappa shape index (κ3) is 6.18. The summed E-state index contributed by atoms with van der Waals surface area (Å²) in [5, 5.41) is 19.5. The Morgan fingerprint density at radius 3 is 2.62 bits per heavy atom. The first-order chi connectivity index (χ1) is 18.5. The number of rotatable bonds is 7. The van der Waals surface area contributed by atoms with Gasteiger partial charge in [-0.25, -0.2) is 9.37 Å². The number of carbonyl (C=O) groups excluding carboxylic acids is 2. The summed E-state index contributed by atoms with van der Waals surface area (Å²) in [5.74, 6) is -1.35. The smallest absolute Gasteiger partial charge is 0.417 e. The lowest BCUT2D eigenvalue weighted by atomic mass is 9.81. The molecule has 2 aromatic heterocycles. The lowest BCUT2D eigenvalue weighted by Crippen LogP contribution is -2.53. The molecule has 2 aromatic rings. The minimum atomic E-state index is -4.69. The standard InChI is InChI=1S/C26H33F4N5O4/c1-3-4-17-11-15(23(36)32-16-5-8-25(38,9-6-16)26(28,29)30)7-10-35(17)24(37)21-13-20(33-34-21)18-12-22(39-2)31-14-19(18)27/h12-17,38H,3-11H2,1-2H3,(H,32,36)(H,33,34)/t15-,16?,17-,25?/m0/s1. The van der Waals surface area contributed by atoms with Crippen LogP contribution in [0.15, 0.2) is 18.3 Å². The van der Waals surface area contributed by atoms with Crippen molar-refractivity contribution in [3.8, 4) is 17.1 Å². The molecule has 13 heteroatoms. The Kier molecular flexibility index (Phi) is 8.48. The van der Waals surface area contributed by atoms with Gasteiger partial charge in [0.25, 0.3) is 5.91 Å². The van der Waals surface area contributed by atoms with Crippen molar-refractivity contribution in [1.29, 1.82) is 0 Å². The van der Waals surface area contributed by atoms with Gasteiger partial charge in [-0.05, 0) is 51.0 Å². The van der Waals surface area contributed by atoms with E-state index in [9.17, 15) is 32.3 Å². The number of hydrogen-bond donors (Lipinski definition) is 3. The molecule has 1 saturated carbocycles. The lowest BCUT2D eigenvalue weighted by molar-refractivity contribution is -0.270. The van der Waals surface area contributed by atoms with Gasteiger partial charge in [0.15, 0.2) is 11.4 Å². The highest BCUT2D eigenvalue weighted by molar-refractivity contribution is 5.94. The maximum atomic E-state index is 14.3. The van der Waals surface area contributed by atoms with E-state index >= 15 is 0 Å². The van der Waals surface area contributed by atoms with E-state index in [0.29, 0.717) is 25.8 Å². The summed E-state index contributed by atoms with van der Waals surface area (Å²) in [4.78, 5) is 31.9. The number of amides is 2. The van der Waals surface area contributed by atoms with Crippen LogP contribution in [0.25, 0.3) is 11.3 Å². The number of piperidine rings is 1. The summed E-state index contributed by atoms with van der Waals surface area (Å²) in [6.07, 6.45) is -2.23. The molecular weight excluding hydrogens is 522 g/mol.